The second-order valence-electron chi connectivity index (χ2n) is 13.6. The maximum Gasteiger partial charge on any atom is 0.397 e. The van der Waals surface area contributed by atoms with Gasteiger partial charge in [-0.3, -0.25) is 18.3 Å². The Hall–Kier alpha value is -0.870. The average molecular weight is 692 g/mol. The summed E-state index contributed by atoms with van der Waals surface area (Å²) >= 11 is 0. The number of likely N-dealkylation sites (N-methyl/N-ethyl adjacent to an activating group) is 1. The van der Waals surface area contributed by atoms with E-state index in [-0.39, 0.29) is 18.2 Å². The third-order valence-electron chi connectivity index (χ3n) is 9.02. The van der Waals surface area contributed by atoms with Gasteiger partial charge in [0.1, 0.15) is 11.6 Å². The van der Waals surface area contributed by atoms with Gasteiger partial charge in [0.25, 0.3) is 0 Å². The van der Waals surface area contributed by atoms with Gasteiger partial charge in [-0.05, 0) is 19.9 Å². The molecule has 0 saturated heterocycles. The third-order valence-corrected chi connectivity index (χ3v) is 9.44. The van der Waals surface area contributed by atoms with Gasteiger partial charge < -0.3 is 10.0 Å². The van der Waals surface area contributed by atoms with Gasteiger partial charge in [-0.2, -0.15) is 8.42 Å². The number of aliphatic hydroxyl groups excluding tert-OH is 1. The number of hydrogen-bond acceptors (Lipinski definition) is 7. The Labute approximate surface area is 291 Å². The van der Waals surface area contributed by atoms with Crippen LogP contribution < -0.4 is 0 Å². The molecule has 0 rings (SSSR count). The second kappa shape index (κ2) is 36.4. The number of Topliss-reactive ketones (excluding diaryl/α,β-unsaturated/α-hetero) is 2. The Morgan fingerprint density at radius 2 is 0.830 bits per heavy atom. The molecule has 0 fully saturated rings. The van der Waals surface area contributed by atoms with Gasteiger partial charge in [0.05, 0.1) is 19.6 Å². The summed E-state index contributed by atoms with van der Waals surface area (Å²) in [5.74, 6) is -0.267. The van der Waals surface area contributed by atoms with Crippen LogP contribution in [0.4, 0.5) is 0 Å². The van der Waals surface area contributed by atoms with Crippen molar-refractivity contribution < 1.29 is 31.8 Å². The van der Waals surface area contributed by atoms with Gasteiger partial charge in [-0.1, -0.05) is 168 Å². The molecular formula is C38H77NO7S. The van der Waals surface area contributed by atoms with Crippen molar-refractivity contribution in [2.24, 2.45) is 5.92 Å². The largest absolute Gasteiger partial charge is 0.397 e. The summed E-state index contributed by atoms with van der Waals surface area (Å²) in [4.78, 5) is 28.0. The van der Waals surface area contributed by atoms with E-state index < -0.39 is 16.3 Å². The SMILES string of the molecule is CCCCCCCCCCCCCCCC(=O)C(CN(C)CCO)C(=O)CCCCCCCCCCCCCCC.COS(=O)(=O)O. The molecule has 0 bridgehead atoms. The summed E-state index contributed by atoms with van der Waals surface area (Å²) < 4.78 is 29.7. The van der Waals surface area contributed by atoms with E-state index in [9.17, 15) is 23.1 Å². The fourth-order valence-corrected chi connectivity index (χ4v) is 5.94. The average Bonchev–Trinajstić information content (AvgIpc) is 3.04. The van der Waals surface area contributed by atoms with Crippen molar-refractivity contribution in [1.29, 1.82) is 0 Å². The highest BCUT2D eigenvalue weighted by molar-refractivity contribution is 7.80. The van der Waals surface area contributed by atoms with E-state index in [1.54, 1.807) is 0 Å². The normalized spacial score (nSPS) is 11.7. The molecule has 0 spiro atoms. The number of hydrogen-bond donors (Lipinski definition) is 2. The Bertz CT molecular complexity index is 749. The molecule has 8 nitrogen and oxygen atoms in total. The van der Waals surface area contributed by atoms with Crippen LogP contribution in [0.1, 0.15) is 194 Å². The van der Waals surface area contributed by atoms with Gasteiger partial charge in [0.15, 0.2) is 0 Å². The minimum Gasteiger partial charge on any atom is -0.395 e. The number of ketones is 2. The number of nitrogens with zero attached hydrogens (tertiary/aromatic N) is 1. The van der Waals surface area contributed by atoms with Crippen molar-refractivity contribution in [3.05, 3.63) is 0 Å². The molecule has 0 saturated carbocycles. The first kappa shape index (κ1) is 48.2. The predicted octanol–water partition coefficient (Wildman–Crippen LogP) is 10.1. The van der Waals surface area contributed by atoms with Gasteiger partial charge >= 0.3 is 10.4 Å². The Morgan fingerprint density at radius 1 is 0.574 bits per heavy atom. The molecule has 0 aliphatic heterocycles. The molecule has 282 valence electrons. The summed E-state index contributed by atoms with van der Waals surface area (Å²) in [6.07, 6.45) is 34.6. The fraction of sp³-hybridized carbons (Fsp3) is 0.947. The van der Waals surface area contributed by atoms with Crippen molar-refractivity contribution in [2.45, 2.75) is 194 Å². The molecule has 0 amide bonds. The summed E-state index contributed by atoms with van der Waals surface area (Å²) in [6.45, 7) is 5.56. The molecular weight excluding hydrogens is 614 g/mol. The standard InChI is InChI=1S/C37H73NO3.CH4O4S/c1-4-6-8-10-12-14-16-18-20-22-24-26-28-30-36(40)35(34-38(3)32-33-39)37(41)31-29-27-25-23-21-19-17-15-13-11-9-7-5-2;1-5-6(2,3)4/h35,39H,4-34H2,1-3H3;1H3,(H,2,3,4). The lowest BCUT2D eigenvalue weighted by Crippen LogP contribution is -2.37. The van der Waals surface area contributed by atoms with E-state index in [1.165, 1.54) is 141 Å². The van der Waals surface area contributed by atoms with E-state index in [2.05, 4.69) is 18.0 Å². The van der Waals surface area contributed by atoms with Crippen molar-refractivity contribution >= 4 is 22.0 Å². The van der Waals surface area contributed by atoms with Crippen LogP contribution in [0.5, 0.6) is 0 Å². The zero-order valence-electron chi connectivity index (χ0n) is 31.3. The van der Waals surface area contributed by atoms with E-state index in [0.29, 0.717) is 25.9 Å². The van der Waals surface area contributed by atoms with Crippen LogP contribution in [-0.2, 0) is 24.2 Å². The first-order chi connectivity index (χ1) is 22.6. The van der Waals surface area contributed by atoms with Crippen LogP contribution in [0.25, 0.3) is 0 Å². The fourth-order valence-electron chi connectivity index (χ4n) is 5.94. The van der Waals surface area contributed by atoms with Gasteiger partial charge in [0, 0.05) is 25.9 Å². The minimum absolute atomic E-state index is 0.0588. The molecule has 0 radical (unpaired) electrons. The van der Waals surface area contributed by atoms with Crippen molar-refractivity contribution in [2.75, 3.05) is 33.9 Å². The van der Waals surface area contributed by atoms with Gasteiger partial charge in [-0.15, -0.1) is 0 Å². The molecule has 0 aromatic heterocycles. The molecule has 0 unspecified atom stereocenters. The Kier molecular flexibility index (Phi) is 37.4. The van der Waals surface area contributed by atoms with Crippen LogP contribution in [0, 0.1) is 5.92 Å². The lowest BCUT2D eigenvalue weighted by atomic mass is 9.91. The Balaban J connectivity index is 0. The number of carbonyl (C=O) groups excluding carboxylic acids is 2. The van der Waals surface area contributed by atoms with Crippen LogP contribution in [0.3, 0.4) is 0 Å². The molecule has 0 aliphatic rings. The molecule has 0 aromatic carbocycles. The van der Waals surface area contributed by atoms with Crippen LogP contribution in [-0.4, -0.2) is 68.4 Å². The number of aliphatic hydroxyl groups is 1. The number of carbonyl (C=O) groups is 2. The first-order valence-electron chi connectivity index (χ1n) is 19.5. The molecule has 0 heterocycles. The number of unbranched alkanes of at least 4 members (excludes halogenated alkanes) is 24. The quantitative estimate of drug-likeness (QED) is 0.0383. The highest BCUT2D eigenvalue weighted by Crippen LogP contribution is 2.18. The van der Waals surface area contributed by atoms with Crippen LogP contribution in [0.2, 0.25) is 0 Å². The topological polar surface area (TPSA) is 121 Å². The highest BCUT2D eigenvalue weighted by atomic mass is 32.3. The lowest BCUT2D eigenvalue weighted by Gasteiger charge is -2.22. The molecule has 0 aliphatic carbocycles. The molecule has 0 atom stereocenters. The van der Waals surface area contributed by atoms with Crippen molar-refractivity contribution in [3.63, 3.8) is 0 Å². The summed E-state index contributed by atoms with van der Waals surface area (Å²) in [5, 5.41) is 9.29. The zero-order valence-corrected chi connectivity index (χ0v) is 32.1. The van der Waals surface area contributed by atoms with E-state index in [0.717, 1.165) is 32.8 Å². The molecule has 9 heteroatoms. The molecule has 47 heavy (non-hydrogen) atoms. The summed E-state index contributed by atoms with van der Waals surface area (Å²) in [6, 6.07) is 0. The van der Waals surface area contributed by atoms with E-state index in [4.69, 9.17) is 4.55 Å². The predicted molar refractivity (Wildman–Crippen MR) is 197 cm³/mol. The van der Waals surface area contributed by atoms with E-state index >= 15 is 0 Å². The van der Waals surface area contributed by atoms with E-state index in [1.807, 2.05) is 11.9 Å². The van der Waals surface area contributed by atoms with Gasteiger partial charge in [0.2, 0.25) is 0 Å². The maximum absolute atomic E-state index is 13.0. The van der Waals surface area contributed by atoms with Crippen LogP contribution >= 0.6 is 0 Å². The maximum atomic E-state index is 13.0. The molecule has 2 N–H and O–H groups in total. The third kappa shape index (κ3) is 37.8. The summed E-state index contributed by atoms with van der Waals surface area (Å²) in [5.41, 5.74) is 0. The van der Waals surface area contributed by atoms with Crippen molar-refractivity contribution in [1.82, 2.24) is 4.90 Å². The Morgan fingerprint density at radius 3 is 1.06 bits per heavy atom. The number of rotatable bonds is 35. The molecule has 0 aromatic rings. The monoisotopic (exact) mass is 692 g/mol. The minimum atomic E-state index is -4.16. The summed E-state index contributed by atoms with van der Waals surface area (Å²) in [7, 11) is -1.39. The van der Waals surface area contributed by atoms with Crippen LogP contribution in [0.15, 0.2) is 0 Å². The zero-order chi connectivity index (χ0) is 35.4. The second-order valence-corrected chi connectivity index (χ2v) is 14.7. The van der Waals surface area contributed by atoms with Crippen molar-refractivity contribution in [3.8, 4) is 0 Å². The smallest absolute Gasteiger partial charge is 0.395 e. The highest BCUT2D eigenvalue weighted by Gasteiger charge is 2.26. The first-order valence-corrected chi connectivity index (χ1v) is 20.9. The van der Waals surface area contributed by atoms with Gasteiger partial charge in [-0.25, -0.2) is 0 Å². The lowest BCUT2D eigenvalue weighted by molar-refractivity contribution is -0.133.